The average Bonchev–Trinajstić information content (AvgIpc) is 3.34. The average molecular weight is 981 g/mol. The molecule has 0 bridgehead atoms. The van der Waals surface area contributed by atoms with E-state index in [1.807, 2.05) is 0 Å². The van der Waals surface area contributed by atoms with Gasteiger partial charge in [-0.05, 0) is 77.0 Å². The minimum absolute atomic E-state index is 0.152. The van der Waals surface area contributed by atoms with Crippen LogP contribution in [-0.4, -0.2) is 142 Å². The fourth-order valence-corrected chi connectivity index (χ4v) is 7.91. The van der Waals surface area contributed by atoms with Gasteiger partial charge in [-0.15, -0.1) is 0 Å². The van der Waals surface area contributed by atoms with Crippen LogP contribution in [0.15, 0.2) is 60.8 Å². The first-order valence-corrected chi connectivity index (χ1v) is 26.4. The van der Waals surface area contributed by atoms with Crippen molar-refractivity contribution in [1.29, 1.82) is 0 Å². The summed E-state index contributed by atoms with van der Waals surface area (Å²) in [6.07, 6.45) is 29.6. The van der Waals surface area contributed by atoms with E-state index in [4.69, 9.17) is 28.4 Å². The zero-order valence-corrected chi connectivity index (χ0v) is 42.0. The molecule has 2 saturated heterocycles. The first kappa shape index (κ1) is 62.3. The molecule has 2 aliphatic heterocycles. The Morgan fingerprint density at radius 3 is 1.45 bits per heavy atom. The van der Waals surface area contributed by atoms with Gasteiger partial charge in [0.15, 0.2) is 18.7 Å². The number of carbonyl (C=O) groups excluding carboxylic acids is 2. The van der Waals surface area contributed by atoms with Gasteiger partial charge >= 0.3 is 11.9 Å². The molecule has 7 N–H and O–H groups in total. The molecule has 0 aromatic carbocycles. The van der Waals surface area contributed by atoms with Crippen LogP contribution in [0.4, 0.5) is 0 Å². The maximum absolute atomic E-state index is 13.0. The van der Waals surface area contributed by atoms with Crippen LogP contribution in [0.2, 0.25) is 0 Å². The molecule has 0 radical (unpaired) electrons. The molecule has 15 nitrogen and oxygen atoms in total. The minimum Gasteiger partial charge on any atom is -0.462 e. The van der Waals surface area contributed by atoms with Crippen molar-refractivity contribution in [3.8, 4) is 0 Å². The summed E-state index contributed by atoms with van der Waals surface area (Å²) in [7, 11) is 0. The molecule has 11 atom stereocenters. The van der Waals surface area contributed by atoms with E-state index in [1.165, 1.54) is 38.5 Å². The van der Waals surface area contributed by atoms with Gasteiger partial charge in [0.1, 0.15) is 55.4 Å². The molecule has 0 spiro atoms. The maximum Gasteiger partial charge on any atom is 0.306 e. The van der Waals surface area contributed by atoms with Gasteiger partial charge in [-0.1, -0.05) is 145 Å². The van der Waals surface area contributed by atoms with E-state index in [1.54, 1.807) is 0 Å². The molecule has 398 valence electrons. The van der Waals surface area contributed by atoms with Crippen molar-refractivity contribution in [3.63, 3.8) is 0 Å². The minimum atomic E-state index is -1.77. The van der Waals surface area contributed by atoms with Gasteiger partial charge in [-0.3, -0.25) is 9.59 Å². The third-order valence-electron chi connectivity index (χ3n) is 12.2. The molecule has 69 heavy (non-hydrogen) atoms. The van der Waals surface area contributed by atoms with Crippen molar-refractivity contribution in [2.75, 3.05) is 26.4 Å². The van der Waals surface area contributed by atoms with Gasteiger partial charge in [0, 0.05) is 12.8 Å². The number of hydrogen-bond acceptors (Lipinski definition) is 15. The molecule has 2 heterocycles. The number of hydrogen-bond donors (Lipinski definition) is 7. The van der Waals surface area contributed by atoms with E-state index in [0.29, 0.717) is 12.8 Å². The molecule has 2 fully saturated rings. The van der Waals surface area contributed by atoms with Crippen LogP contribution in [0.25, 0.3) is 0 Å². The largest absolute Gasteiger partial charge is 0.462 e. The Bertz CT molecular complexity index is 1430. The molecule has 0 aromatic rings. The normalized spacial score (nSPS) is 26.0. The number of unbranched alkanes of at least 4 members (excludes halogenated alkanes) is 16. The molecular formula is C54H92O15. The van der Waals surface area contributed by atoms with Gasteiger partial charge < -0.3 is 64.2 Å². The van der Waals surface area contributed by atoms with E-state index >= 15 is 0 Å². The van der Waals surface area contributed by atoms with Gasteiger partial charge in [-0.2, -0.15) is 0 Å². The standard InChI is InChI=1S/C54H92O15/c1-3-5-7-9-11-13-15-17-18-19-20-21-22-23-24-25-27-29-31-33-35-37-46(57)67-42(39-64-45(56)36-34-32-30-28-26-16-14-12-10-8-6-4-2)40-65-53-52(63)50(61)48(59)44(69-53)41-66-54-51(62)49(60)47(58)43(38-55)68-54/h5,7,11-14,17-18,20-21,42-44,47-55,58-63H,3-4,6,8-10,15-16,19,22-41H2,1-2H3/b7-5-,13-11-,14-12-,18-17-,21-20-. The van der Waals surface area contributed by atoms with Gasteiger partial charge in [0.2, 0.25) is 0 Å². The highest BCUT2D eigenvalue weighted by atomic mass is 16.7. The highest BCUT2D eigenvalue weighted by Crippen LogP contribution is 2.26. The molecule has 2 aliphatic rings. The summed E-state index contributed by atoms with van der Waals surface area (Å²) in [5, 5.41) is 72.1. The summed E-state index contributed by atoms with van der Waals surface area (Å²) in [5.74, 6) is -0.948. The maximum atomic E-state index is 13.0. The number of ether oxygens (including phenoxy) is 6. The summed E-state index contributed by atoms with van der Waals surface area (Å²) in [4.78, 5) is 25.8. The lowest BCUT2D eigenvalue weighted by Crippen LogP contribution is -2.61. The third-order valence-corrected chi connectivity index (χ3v) is 12.2. The van der Waals surface area contributed by atoms with Crippen LogP contribution in [0, 0.1) is 0 Å². The quantitative estimate of drug-likeness (QED) is 0.0178. The fraction of sp³-hybridized carbons (Fsp3) is 0.778. The monoisotopic (exact) mass is 981 g/mol. The van der Waals surface area contributed by atoms with E-state index in [-0.39, 0.29) is 26.1 Å². The number of carbonyl (C=O) groups is 2. The summed E-state index contributed by atoms with van der Waals surface area (Å²) >= 11 is 0. The Labute approximate surface area is 413 Å². The highest BCUT2D eigenvalue weighted by molar-refractivity contribution is 5.70. The van der Waals surface area contributed by atoms with Crippen molar-refractivity contribution in [2.45, 2.75) is 242 Å². The predicted octanol–water partition coefficient (Wildman–Crippen LogP) is 7.66. The van der Waals surface area contributed by atoms with Crippen molar-refractivity contribution in [1.82, 2.24) is 0 Å². The van der Waals surface area contributed by atoms with Crippen LogP contribution in [0.1, 0.15) is 174 Å². The highest BCUT2D eigenvalue weighted by Gasteiger charge is 2.47. The van der Waals surface area contributed by atoms with Crippen LogP contribution in [-0.2, 0) is 38.0 Å². The second kappa shape index (κ2) is 40.8. The second-order valence-electron chi connectivity index (χ2n) is 18.3. The van der Waals surface area contributed by atoms with E-state index in [0.717, 1.165) is 96.3 Å². The zero-order valence-electron chi connectivity index (χ0n) is 42.0. The van der Waals surface area contributed by atoms with Crippen LogP contribution < -0.4 is 0 Å². The van der Waals surface area contributed by atoms with Crippen LogP contribution in [0.5, 0.6) is 0 Å². The second-order valence-corrected chi connectivity index (χ2v) is 18.3. The van der Waals surface area contributed by atoms with E-state index < -0.39 is 92.7 Å². The molecule has 0 aliphatic carbocycles. The lowest BCUT2D eigenvalue weighted by atomic mass is 9.98. The van der Waals surface area contributed by atoms with Gasteiger partial charge in [0.05, 0.1) is 19.8 Å². The fourth-order valence-electron chi connectivity index (χ4n) is 7.91. The first-order chi connectivity index (χ1) is 33.5. The Morgan fingerprint density at radius 2 is 0.913 bits per heavy atom. The summed E-state index contributed by atoms with van der Waals surface area (Å²) in [6, 6.07) is 0. The summed E-state index contributed by atoms with van der Waals surface area (Å²) < 4.78 is 33.6. The van der Waals surface area contributed by atoms with Crippen molar-refractivity contribution in [3.05, 3.63) is 60.8 Å². The number of rotatable bonds is 40. The van der Waals surface area contributed by atoms with Crippen molar-refractivity contribution < 1.29 is 73.8 Å². The summed E-state index contributed by atoms with van der Waals surface area (Å²) in [5.41, 5.74) is 0. The smallest absolute Gasteiger partial charge is 0.306 e. The van der Waals surface area contributed by atoms with Gasteiger partial charge in [-0.25, -0.2) is 0 Å². The van der Waals surface area contributed by atoms with Crippen molar-refractivity contribution >= 4 is 11.9 Å². The van der Waals surface area contributed by atoms with Crippen LogP contribution in [0.3, 0.4) is 0 Å². The van der Waals surface area contributed by atoms with Crippen LogP contribution >= 0.6 is 0 Å². The topological polar surface area (TPSA) is 231 Å². The lowest BCUT2D eigenvalue weighted by Gasteiger charge is -2.42. The number of esters is 2. The Balaban J connectivity index is 1.79. The zero-order chi connectivity index (χ0) is 50.3. The SMILES string of the molecule is CC/C=C\C/C=C\C/C=C\C/C=C\CCCCCCCCCCC(=O)OC(COC(=O)CCCCCCC/C=C\CCCCC)COC1OC(COC2OC(CO)C(O)C(O)C2O)C(O)C(O)C1O. The Hall–Kier alpha value is -2.80. The molecule has 2 rings (SSSR count). The Morgan fingerprint density at radius 1 is 0.478 bits per heavy atom. The predicted molar refractivity (Wildman–Crippen MR) is 266 cm³/mol. The molecular weight excluding hydrogens is 889 g/mol. The molecule has 0 aromatic heterocycles. The van der Waals surface area contributed by atoms with E-state index in [9.17, 15) is 45.3 Å². The number of aliphatic hydroxyl groups excluding tert-OH is 7. The Kier molecular flexibility index (Phi) is 36.8. The molecule has 0 saturated carbocycles. The number of aliphatic hydroxyl groups is 7. The van der Waals surface area contributed by atoms with Gasteiger partial charge in [0.25, 0.3) is 0 Å². The summed E-state index contributed by atoms with van der Waals surface area (Å²) in [6.45, 7) is 2.43. The van der Waals surface area contributed by atoms with E-state index in [2.05, 4.69) is 74.6 Å². The lowest BCUT2D eigenvalue weighted by molar-refractivity contribution is -0.332. The van der Waals surface area contributed by atoms with Crippen molar-refractivity contribution in [2.24, 2.45) is 0 Å². The molecule has 11 unspecified atom stereocenters. The molecule has 0 amide bonds. The first-order valence-electron chi connectivity index (χ1n) is 26.4. The molecule has 15 heteroatoms. The number of allylic oxidation sites excluding steroid dienone is 10. The third kappa shape index (κ3) is 28.7.